The van der Waals surface area contributed by atoms with Crippen molar-refractivity contribution in [3.63, 3.8) is 0 Å². The first kappa shape index (κ1) is 21.7. The molecule has 6 rings (SSSR count). The molecule has 0 fully saturated rings. The molecule has 0 amide bonds. The highest BCUT2D eigenvalue weighted by atomic mass is 16.5. The molecular formula is C29H27NO5. The molecule has 1 aromatic heterocycles. The number of hydrogen-bond acceptors (Lipinski definition) is 5. The van der Waals surface area contributed by atoms with Crippen LogP contribution in [0.4, 0.5) is 0 Å². The summed E-state index contributed by atoms with van der Waals surface area (Å²) in [6.07, 6.45) is 3.18. The van der Waals surface area contributed by atoms with Gasteiger partial charge < -0.3 is 19.3 Å². The van der Waals surface area contributed by atoms with Crippen LogP contribution in [-0.4, -0.2) is 34.9 Å². The van der Waals surface area contributed by atoms with Gasteiger partial charge in [0.2, 0.25) is 0 Å². The Morgan fingerprint density at radius 3 is 2.60 bits per heavy atom. The number of hydrogen-bond donors (Lipinski definition) is 1. The smallest absolute Gasteiger partial charge is 0.307 e. The van der Waals surface area contributed by atoms with Crippen LogP contribution in [-0.2, 0) is 24.1 Å². The summed E-state index contributed by atoms with van der Waals surface area (Å²) >= 11 is 0. The van der Waals surface area contributed by atoms with Gasteiger partial charge in [-0.1, -0.05) is 24.3 Å². The number of carboxylic acid groups (broad SMARTS) is 1. The Morgan fingerprint density at radius 1 is 1.06 bits per heavy atom. The number of nitrogens with zero attached hydrogens (tertiary/aromatic N) is 1. The van der Waals surface area contributed by atoms with Crippen LogP contribution < -0.4 is 14.2 Å². The summed E-state index contributed by atoms with van der Waals surface area (Å²) in [4.78, 5) is 17.0. The molecule has 0 saturated carbocycles. The van der Waals surface area contributed by atoms with Crippen LogP contribution in [0, 0.1) is 0 Å². The van der Waals surface area contributed by atoms with Crippen LogP contribution >= 0.6 is 0 Å². The number of carboxylic acids is 1. The lowest BCUT2D eigenvalue weighted by molar-refractivity contribution is -0.136. The van der Waals surface area contributed by atoms with Gasteiger partial charge in [-0.15, -0.1) is 0 Å². The Labute approximate surface area is 203 Å². The molecule has 2 aliphatic heterocycles. The first-order valence-electron chi connectivity index (χ1n) is 12.0. The SMILES string of the molecule is CC(C)(C)Oc1cc2c3c(ccnc3c1-c1c(CC(=O)O)c3c(c4ccccc14)OCC3)CCO2. The van der Waals surface area contributed by atoms with E-state index in [1.165, 1.54) is 5.56 Å². The van der Waals surface area contributed by atoms with Crippen LogP contribution in [0.3, 0.4) is 0 Å². The fourth-order valence-electron chi connectivity index (χ4n) is 5.42. The standard InChI is InChI=1S/C29H27NO5/c1-29(2,3)35-22-15-21-24-16(9-12-33-21)8-11-30-27(24)26(22)25-17-6-4-5-7-18(17)28-19(10-13-34-28)20(25)14-23(31)32/h4-8,11,15H,9-10,12-14H2,1-3H3,(H,31,32). The Hall–Kier alpha value is -3.80. The Morgan fingerprint density at radius 2 is 1.83 bits per heavy atom. The van der Waals surface area contributed by atoms with Gasteiger partial charge in [-0.05, 0) is 48.9 Å². The van der Waals surface area contributed by atoms with Crippen molar-refractivity contribution < 1.29 is 24.1 Å². The normalized spacial score (nSPS) is 14.5. The molecule has 0 saturated heterocycles. The topological polar surface area (TPSA) is 77.9 Å². The molecule has 3 heterocycles. The zero-order valence-corrected chi connectivity index (χ0v) is 20.1. The van der Waals surface area contributed by atoms with Crippen LogP contribution in [0.5, 0.6) is 17.2 Å². The summed E-state index contributed by atoms with van der Waals surface area (Å²) < 4.78 is 18.6. The molecule has 0 spiro atoms. The van der Waals surface area contributed by atoms with Crippen LogP contribution in [0.2, 0.25) is 0 Å². The average Bonchev–Trinajstić information content (AvgIpc) is 3.30. The maximum Gasteiger partial charge on any atom is 0.307 e. The molecule has 1 N–H and O–H groups in total. The predicted octanol–water partition coefficient (Wildman–Crippen LogP) is 5.73. The third-order valence-electron chi connectivity index (χ3n) is 6.63. The quantitative estimate of drug-likeness (QED) is 0.411. The second kappa shape index (κ2) is 7.87. The Balaban J connectivity index is 1.81. The molecule has 178 valence electrons. The van der Waals surface area contributed by atoms with Crippen molar-refractivity contribution in [1.29, 1.82) is 0 Å². The van der Waals surface area contributed by atoms with E-state index >= 15 is 0 Å². The maximum atomic E-state index is 12.1. The molecule has 0 atom stereocenters. The zero-order valence-electron chi connectivity index (χ0n) is 20.1. The van der Waals surface area contributed by atoms with Gasteiger partial charge in [0.05, 0.1) is 30.7 Å². The molecule has 0 radical (unpaired) electrons. The van der Waals surface area contributed by atoms with Crippen molar-refractivity contribution in [3.05, 3.63) is 59.3 Å². The Kier molecular flexibility index (Phi) is 4.88. The second-order valence-electron chi connectivity index (χ2n) is 10.1. The van der Waals surface area contributed by atoms with E-state index in [1.807, 2.05) is 63.4 Å². The van der Waals surface area contributed by atoms with Gasteiger partial charge in [-0.3, -0.25) is 9.78 Å². The average molecular weight is 470 g/mol. The summed E-state index contributed by atoms with van der Waals surface area (Å²) in [5, 5.41) is 12.8. The third-order valence-corrected chi connectivity index (χ3v) is 6.63. The fourth-order valence-corrected chi connectivity index (χ4v) is 5.42. The summed E-state index contributed by atoms with van der Waals surface area (Å²) in [6, 6.07) is 12.0. The monoisotopic (exact) mass is 469 g/mol. The Bertz CT molecular complexity index is 1520. The maximum absolute atomic E-state index is 12.1. The molecule has 0 bridgehead atoms. The van der Waals surface area contributed by atoms with Crippen molar-refractivity contribution in [1.82, 2.24) is 4.98 Å². The highest BCUT2D eigenvalue weighted by Crippen LogP contribution is 2.51. The molecule has 35 heavy (non-hydrogen) atoms. The van der Waals surface area contributed by atoms with Crippen molar-refractivity contribution in [3.8, 4) is 28.4 Å². The van der Waals surface area contributed by atoms with Gasteiger partial charge in [-0.25, -0.2) is 0 Å². The molecule has 6 heteroatoms. The number of benzene rings is 3. The molecule has 2 aliphatic rings. The largest absolute Gasteiger partial charge is 0.492 e. The first-order valence-corrected chi connectivity index (χ1v) is 12.0. The fraction of sp³-hybridized carbons (Fsp3) is 0.310. The van der Waals surface area contributed by atoms with E-state index in [1.54, 1.807) is 0 Å². The number of aliphatic carboxylic acids is 1. The van der Waals surface area contributed by atoms with Crippen molar-refractivity contribution in [2.75, 3.05) is 13.2 Å². The molecule has 4 aromatic rings. The van der Waals surface area contributed by atoms with Gasteiger partial charge >= 0.3 is 5.97 Å². The van der Waals surface area contributed by atoms with Gasteiger partial charge in [0.1, 0.15) is 22.8 Å². The van der Waals surface area contributed by atoms with E-state index in [2.05, 4.69) is 0 Å². The summed E-state index contributed by atoms with van der Waals surface area (Å²) in [5.74, 6) is 1.30. The van der Waals surface area contributed by atoms with E-state index < -0.39 is 11.6 Å². The van der Waals surface area contributed by atoms with Crippen LogP contribution in [0.1, 0.15) is 37.5 Å². The summed E-state index contributed by atoms with van der Waals surface area (Å²) in [7, 11) is 0. The van der Waals surface area contributed by atoms with Gasteiger partial charge in [0.25, 0.3) is 0 Å². The van der Waals surface area contributed by atoms with E-state index in [4.69, 9.17) is 19.2 Å². The van der Waals surface area contributed by atoms with Gasteiger partial charge in [-0.2, -0.15) is 0 Å². The van der Waals surface area contributed by atoms with E-state index in [9.17, 15) is 9.90 Å². The number of aromatic nitrogens is 1. The van der Waals surface area contributed by atoms with Crippen molar-refractivity contribution in [2.24, 2.45) is 0 Å². The molecule has 3 aromatic carbocycles. The number of carbonyl (C=O) groups is 1. The molecule has 0 unspecified atom stereocenters. The highest BCUT2D eigenvalue weighted by molar-refractivity contribution is 6.12. The molecular weight excluding hydrogens is 442 g/mol. The van der Waals surface area contributed by atoms with E-state index in [0.717, 1.165) is 61.8 Å². The van der Waals surface area contributed by atoms with Gasteiger partial charge in [0.15, 0.2) is 0 Å². The van der Waals surface area contributed by atoms with E-state index in [-0.39, 0.29) is 6.42 Å². The predicted molar refractivity (Wildman–Crippen MR) is 135 cm³/mol. The highest BCUT2D eigenvalue weighted by Gasteiger charge is 2.31. The number of fused-ring (bicyclic) bond motifs is 3. The summed E-state index contributed by atoms with van der Waals surface area (Å²) in [6.45, 7) is 7.15. The lowest BCUT2D eigenvalue weighted by Crippen LogP contribution is -2.24. The van der Waals surface area contributed by atoms with Crippen molar-refractivity contribution >= 4 is 27.6 Å². The van der Waals surface area contributed by atoms with Crippen molar-refractivity contribution in [2.45, 2.75) is 45.6 Å². The van der Waals surface area contributed by atoms with E-state index in [0.29, 0.717) is 25.4 Å². The molecule has 6 nitrogen and oxygen atoms in total. The second-order valence-corrected chi connectivity index (χ2v) is 10.1. The lowest BCUT2D eigenvalue weighted by atomic mass is 9.85. The zero-order chi connectivity index (χ0) is 24.3. The minimum absolute atomic E-state index is 0.111. The van der Waals surface area contributed by atoms with Gasteiger partial charge in [0, 0.05) is 41.4 Å². The third kappa shape index (κ3) is 3.55. The van der Waals surface area contributed by atoms with Crippen LogP contribution in [0.25, 0.3) is 32.8 Å². The lowest BCUT2D eigenvalue weighted by Gasteiger charge is -2.28. The molecule has 0 aliphatic carbocycles. The first-order chi connectivity index (χ1) is 16.8. The minimum Gasteiger partial charge on any atom is -0.492 e. The number of rotatable bonds is 4. The minimum atomic E-state index is -0.882. The number of ether oxygens (including phenoxy) is 3. The van der Waals surface area contributed by atoms with Crippen LogP contribution in [0.15, 0.2) is 42.6 Å². The summed E-state index contributed by atoms with van der Waals surface area (Å²) in [5.41, 5.74) is 4.86. The number of pyridine rings is 1.